The van der Waals surface area contributed by atoms with E-state index in [0.717, 1.165) is 10.0 Å². The first kappa shape index (κ1) is 16.2. The van der Waals surface area contributed by atoms with Gasteiger partial charge in [-0.15, -0.1) is 0 Å². The highest BCUT2D eigenvalue weighted by Crippen LogP contribution is 2.34. The number of hydrogen-bond acceptors (Lipinski definition) is 4. The van der Waals surface area contributed by atoms with Gasteiger partial charge in [-0.2, -0.15) is 0 Å². The lowest BCUT2D eigenvalue weighted by Gasteiger charge is -2.07. The average molecular weight is 409 g/mol. The van der Waals surface area contributed by atoms with E-state index in [1.54, 1.807) is 25.4 Å². The Bertz CT molecular complexity index is 820. The first-order valence-electron chi connectivity index (χ1n) is 6.67. The van der Waals surface area contributed by atoms with E-state index in [1.165, 1.54) is 16.7 Å². The molecule has 7 heteroatoms. The van der Waals surface area contributed by atoms with E-state index in [1.807, 2.05) is 30.3 Å². The molecule has 1 aliphatic heterocycles. The van der Waals surface area contributed by atoms with E-state index in [9.17, 15) is 4.79 Å². The molecule has 0 unspecified atom stereocenters. The largest absolute Gasteiger partial charge is 0.290 e. The van der Waals surface area contributed by atoms with E-state index in [-0.39, 0.29) is 5.91 Å². The van der Waals surface area contributed by atoms with E-state index in [0.29, 0.717) is 20.9 Å². The number of pyridine rings is 1. The number of carbonyl (C=O) groups excluding carboxylic acids is 1. The highest BCUT2D eigenvalue weighted by atomic mass is 79.9. The van der Waals surface area contributed by atoms with Gasteiger partial charge in [-0.1, -0.05) is 39.7 Å². The number of aromatic nitrogens is 1. The molecule has 0 N–H and O–H groups in total. The molecule has 2 aromatic rings. The quantitative estimate of drug-likeness (QED) is 0.533. The second-order valence-electron chi connectivity index (χ2n) is 4.73. The second kappa shape index (κ2) is 6.86. The third-order valence-corrected chi connectivity index (χ3v) is 5.01. The van der Waals surface area contributed by atoms with Gasteiger partial charge in [0.1, 0.15) is 5.69 Å². The molecule has 0 bridgehead atoms. The van der Waals surface area contributed by atoms with Gasteiger partial charge in [0.05, 0.1) is 4.91 Å². The van der Waals surface area contributed by atoms with Gasteiger partial charge in [-0.3, -0.25) is 9.69 Å². The lowest BCUT2D eigenvalue weighted by atomic mass is 10.2. The Labute approximate surface area is 151 Å². The number of carbonyl (C=O) groups is 1. The number of aliphatic imine (C=N–C) groups is 1. The minimum Gasteiger partial charge on any atom is -0.290 e. The van der Waals surface area contributed by atoms with Gasteiger partial charge < -0.3 is 0 Å². The summed E-state index contributed by atoms with van der Waals surface area (Å²) >= 11 is 10.7. The van der Waals surface area contributed by atoms with Crippen LogP contribution in [0.4, 0.5) is 5.69 Å². The van der Waals surface area contributed by atoms with Crippen molar-refractivity contribution in [1.29, 1.82) is 0 Å². The molecular formula is C16H11BrClN3OS. The maximum atomic E-state index is 12.4. The van der Waals surface area contributed by atoms with Crippen LogP contribution in [-0.2, 0) is 4.79 Å². The lowest BCUT2D eigenvalue weighted by molar-refractivity contribution is -0.121. The van der Waals surface area contributed by atoms with Crippen LogP contribution >= 0.6 is 39.3 Å². The van der Waals surface area contributed by atoms with Crippen molar-refractivity contribution < 1.29 is 4.79 Å². The van der Waals surface area contributed by atoms with Crippen LogP contribution in [0.25, 0.3) is 6.08 Å². The van der Waals surface area contributed by atoms with Crippen LogP contribution < -0.4 is 0 Å². The highest BCUT2D eigenvalue weighted by molar-refractivity contribution is 9.10. The van der Waals surface area contributed by atoms with Crippen molar-refractivity contribution in [3.63, 3.8) is 0 Å². The molecule has 0 saturated carbocycles. The molecule has 1 aromatic carbocycles. The van der Waals surface area contributed by atoms with Gasteiger partial charge in [0.25, 0.3) is 5.91 Å². The average Bonchev–Trinajstić information content (AvgIpc) is 2.80. The molecule has 1 aliphatic rings. The molecule has 0 aliphatic carbocycles. The summed E-state index contributed by atoms with van der Waals surface area (Å²) in [4.78, 5) is 22.9. The molecule has 1 aromatic heterocycles. The first-order valence-corrected chi connectivity index (χ1v) is 8.66. The van der Waals surface area contributed by atoms with E-state index in [4.69, 9.17) is 11.6 Å². The van der Waals surface area contributed by atoms with Crippen LogP contribution in [0.3, 0.4) is 0 Å². The molecule has 2 heterocycles. The summed E-state index contributed by atoms with van der Waals surface area (Å²) in [6.07, 6.45) is 3.45. The van der Waals surface area contributed by atoms with E-state index >= 15 is 0 Å². The topological polar surface area (TPSA) is 45.6 Å². The van der Waals surface area contributed by atoms with Crippen molar-refractivity contribution in [3.8, 4) is 0 Å². The molecule has 116 valence electrons. The predicted octanol–water partition coefficient (Wildman–Crippen LogP) is 4.73. The number of thioether (sulfide) groups is 1. The summed E-state index contributed by atoms with van der Waals surface area (Å²) in [6, 6.07) is 11.3. The van der Waals surface area contributed by atoms with Crippen molar-refractivity contribution in [2.45, 2.75) is 0 Å². The number of amides is 1. The maximum Gasteiger partial charge on any atom is 0.266 e. The standard InChI is InChI=1S/C16H11BrClN3OS/c1-21-15(22)13(9-10-4-6-11(17)7-5-10)23-16(21)20-12-3-2-8-19-14(12)18/h2-9H,1H3/b13-9-,20-16?. The Kier molecular flexibility index (Phi) is 4.84. The van der Waals surface area contributed by atoms with Gasteiger partial charge in [0.2, 0.25) is 0 Å². The third-order valence-electron chi connectivity index (χ3n) is 3.13. The van der Waals surface area contributed by atoms with Crippen LogP contribution in [0.1, 0.15) is 5.56 Å². The molecule has 23 heavy (non-hydrogen) atoms. The Hall–Kier alpha value is -1.63. The zero-order valence-electron chi connectivity index (χ0n) is 12.0. The highest BCUT2D eigenvalue weighted by Gasteiger charge is 2.30. The summed E-state index contributed by atoms with van der Waals surface area (Å²) in [5, 5.41) is 0.889. The van der Waals surface area contributed by atoms with Crippen LogP contribution in [0.5, 0.6) is 0 Å². The molecule has 1 saturated heterocycles. The number of hydrogen-bond donors (Lipinski definition) is 0. The van der Waals surface area contributed by atoms with Crippen molar-refractivity contribution >= 4 is 62.1 Å². The van der Waals surface area contributed by atoms with Crippen LogP contribution in [-0.4, -0.2) is 28.0 Å². The predicted molar refractivity (Wildman–Crippen MR) is 98.8 cm³/mol. The van der Waals surface area contributed by atoms with Crippen molar-refractivity contribution in [3.05, 3.63) is 62.7 Å². The number of nitrogens with zero attached hydrogens (tertiary/aromatic N) is 3. The summed E-state index contributed by atoms with van der Waals surface area (Å²) in [7, 11) is 1.70. The van der Waals surface area contributed by atoms with Gasteiger partial charge in [0.15, 0.2) is 10.3 Å². The van der Waals surface area contributed by atoms with Crippen LogP contribution in [0.2, 0.25) is 5.15 Å². The van der Waals surface area contributed by atoms with Gasteiger partial charge in [-0.25, -0.2) is 9.98 Å². The summed E-state index contributed by atoms with van der Waals surface area (Å²) in [6.45, 7) is 0. The zero-order chi connectivity index (χ0) is 16.4. The molecule has 1 amide bonds. The molecule has 4 nitrogen and oxygen atoms in total. The minimum absolute atomic E-state index is 0.0864. The van der Waals surface area contributed by atoms with E-state index in [2.05, 4.69) is 25.9 Å². The van der Waals surface area contributed by atoms with Crippen molar-refractivity contribution in [2.75, 3.05) is 7.05 Å². The van der Waals surface area contributed by atoms with Crippen molar-refractivity contribution in [1.82, 2.24) is 9.88 Å². The molecule has 0 atom stereocenters. The summed E-state index contributed by atoms with van der Waals surface area (Å²) in [5.41, 5.74) is 1.50. The zero-order valence-corrected chi connectivity index (χ0v) is 15.2. The monoisotopic (exact) mass is 407 g/mol. The summed E-state index contributed by atoms with van der Waals surface area (Å²) < 4.78 is 0.996. The fourth-order valence-corrected chi connectivity index (χ4v) is 3.33. The van der Waals surface area contributed by atoms with Crippen LogP contribution in [0, 0.1) is 0 Å². The minimum atomic E-state index is -0.0864. The van der Waals surface area contributed by atoms with Gasteiger partial charge >= 0.3 is 0 Å². The molecule has 3 rings (SSSR count). The van der Waals surface area contributed by atoms with Crippen LogP contribution in [0.15, 0.2) is 57.0 Å². The Balaban J connectivity index is 1.91. The Morgan fingerprint density at radius 1 is 1.30 bits per heavy atom. The second-order valence-corrected chi connectivity index (χ2v) is 7.02. The first-order chi connectivity index (χ1) is 11.0. The number of amidine groups is 1. The fourth-order valence-electron chi connectivity index (χ4n) is 1.93. The Morgan fingerprint density at radius 3 is 2.74 bits per heavy atom. The normalized spacial score (nSPS) is 18.2. The maximum absolute atomic E-state index is 12.4. The number of rotatable bonds is 2. The summed E-state index contributed by atoms with van der Waals surface area (Å²) in [5.74, 6) is -0.0864. The number of halogens is 2. The molecule has 1 fully saturated rings. The number of likely N-dealkylation sites (N-methyl/N-ethyl adjacent to an activating group) is 1. The van der Waals surface area contributed by atoms with Crippen molar-refractivity contribution in [2.24, 2.45) is 4.99 Å². The van der Waals surface area contributed by atoms with Gasteiger partial charge in [0, 0.05) is 17.7 Å². The fraction of sp³-hybridized carbons (Fsp3) is 0.0625. The molecule has 0 radical (unpaired) electrons. The molecular weight excluding hydrogens is 398 g/mol. The number of benzene rings is 1. The Morgan fingerprint density at radius 2 is 2.04 bits per heavy atom. The van der Waals surface area contributed by atoms with Gasteiger partial charge in [-0.05, 0) is 47.7 Å². The molecule has 0 spiro atoms. The third kappa shape index (κ3) is 3.65. The SMILES string of the molecule is CN1C(=O)/C(=C/c2ccc(Br)cc2)SC1=Nc1cccnc1Cl. The smallest absolute Gasteiger partial charge is 0.266 e. The lowest BCUT2D eigenvalue weighted by Crippen LogP contribution is -2.23. The van der Waals surface area contributed by atoms with E-state index < -0.39 is 0 Å².